The number of Topliss-reactive ketones (excluding diaryl/α,β-unsaturated/α-hetero) is 1. The van der Waals surface area contributed by atoms with Gasteiger partial charge in [-0.1, -0.05) is 48.0 Å². The normalized spacial score (nSPS) is 10.2. The van der Waals surface area contributed by atoms with E-state index >= 15 is 0 Å². The zero-order valence-electron chi connectivity index (χ0n) is 17.4. The maximum Gasteiger partial charge on any atom is 0.306 e. The number of anilines is 1. The van der Waals surface area contributed by atoms with Crippen molar-refractivity contribution in [3.05, 3.63) is 64.7 Å². The quantitative estimate of drug-likeness (QED) is 0.489. The predicted octanol–water partition coefficient (Wildman–Crippen LogP) is 2.87. The molecule has 158 valence electrons. The second kappa shape index (κ2) is 10.9. The van der Waals surface area contributed by atoms with E-state index in [9.17, 15) is 19.2 Å². The largest absolute Gasteiger partial charge is 0.456 e. The highest BCUT2D eigenvalue weighted by molar-refractivity contribution is 5.98. The van der Waals surface area contributed by atoms with E-state index in [-0.39, 0.29) is 31.1 Å². The van der Waals surface area contributed by atoms with Crippen LogP contribution in [0.15, 0.2) is 42.5 Å². The van der Waals surface area contributed by atoms with Crippen molar-refractivity contribution in [1.82, 2.24) is 5.32 Å². The summed E-state index contributed by atoms with van der Waals surface area (Å²) in [6, 6.07) is 12.6. The molecule has 30 heavy (non-hydrogen) atoms. The SMILES string of the molecule is Cc1cc(C)c(NC(=O)CNC(=O)COC(=O)CCC(=O)c2ccccc2)c(C)c1. The van der Waals surface area contributed by atoms with Gasteiger partial charge in [0.15, 0.2) is 12.4 Å². The lowest BCUT2D eigenvalue weighted by Gasteiger charge is -2.13. The first-order valence-electron chi connectivity index (χ1n) is 9.64. The van der Waals surface area contributed by atoms with Crippen LogP contribution in [0.4, 0.5) is 5.69 Å². The smallest absolute Gasteiger partial charge is 0.306 e. The fraction of sp³-hybridized carbons (Fsp3) is 0.304. The van der Waals surface area contributed by atoms with Crippen LogP contribution in [0.1, 0.15) is 39.9 Å². The zero-order chi connectivity index (χ0) is 22.1. The van der Waals surface area contributed by atoms with Gasteiger partial charge < -0.3 is 15.4 Å². The van der Waals surface area contributed by atoms with Crippen LogP contribution >= 0.6 is 0 Å². The summed E-state index contributed by atoms with van der Waals surface area (Å²) in [6.07, 6.45) is -0.115. The van der Waals surface area contributed by atoms with Crippen molar-refractivity contribution in [2.45, 2.75) is 33.6 Å². The predicted molar refractivity (Wildman–Crippen MR) is 113 cm³/mol. The Morgan fingerprint density at radius 1 is 0.867 bits per heavy atom. The molecule has 0 saturated heterocycles. The monoisotopic (exact) mass is 410 g/mol. The van der Waals surface area contributed by atoms with Crippen LogP contribution < -0.4 is 10.6 Å². The number of amides is 2. The van der Waals surface area contributed by atoms with Crippen molar-refractivity contribution in [1.29, 1.82) is 0 Å². The van der Waals surface area contributed by atoms with Crippen molar-refractivity contribution in [2.24, 2.45) is 0 Å². The van der Waals surface area contributed by atoms with Gasteiger partial charge in [-0.15, -0.1) is 0 Å². The van der Waals surface area contributed by atoms with Gasteiger partial charge in [0.1, 0.15) is 0 Å². The third-order valence-corrected chi connectivity index (χ3v) is 4.40. The number of benzene rings is 2. The van der Waals surface area contributed by atoms with Gasteiger partial charge in [-0.2, -0.15) is 0 Å². The fourth-order valence-electron chi connectivity index (χ4n) is 2.99. The molecule has 0 radical (unpaired) electrons. The average Bonchev–Trinajstić information content (AvgIpc) is 2.72. The van der Waals surface area contributed by atoms with Crippen molar-refractivity contribution in [2.75, 3.05) is 18.5 Å². The van der Waals surface area contributed by atoms with Crippen LogP contribution in [-0.4, -0.2) is 36.7 Å². The molecule has 2 N–H and O–H groups in total. The molecule has 0 aliphatic heterocycles. The summed E-state index contributed by atoms with van der Waals surface area (Å²) in [5.74, 6) is -1.79. The summed E-state index contributed by atoms with van der Waals surface area (Å²) >= 11 is 0. The Balaban J connectivity index is 1.69. The van der Waals surface area contributed by atoms with Crippen LogP contribution in [0.3, 0.4) is 0 Å². The highest BCUT2D eigenvalue weighted by Crippen LogP contribution is 2.21. The molecule has 0 unspecified atom stereocenters. The maximum atomic E-state index is 12.1. The van der Waals surface area contributed by atoms with Crippen LogP contribution in [0.25, 0.3) is 0 Å². The number of aryl methyl sites for hydroxylation is 3. The molecule has 0 aromatic heterocycles. The molecule has 0 fully saturated rings. The second-order valence-corrected chi connectivity index (χ2v) is 7.05. The number of rotatable bonds is 9. The molecule has 2 rings (SSSR count). The van der Waals surface area contributed by atoms with Gasteiger partial charge in [-0.05, 0) is 31.9 Å². The molecule has 0 heterocycles. The third kappa shape index (κ3) is 7.16. The summed E-state index contributed by atoms with van der Waals surface area (Å²) in [5.41, 5.74) is 4.21. The Morgan fingerprint density at radius 2 is 1.50 bits per heavy atom. The highest BCUT2D eigenvalue weighted by atomic mass is 16.5. The van der Waals surface area contributed by atoms with Gasteiger partial charge in [0.2, 0.25) is 5.91 Å². The van der Waals surface area contributed by atoms with E-state index in [2.05, 4.69) is 10.6 Å². The molecule has 7 heteroatoms. The van der Waals surface area contributed by atoms with E-state index in [0.717, 1.165) is 16.7 Å². The number of ketones is 1. The molecular formula is C23H26N2O5. The number of nitrogens with one attached hydrogen (secondary N) is 2. The first kappa shape index (κ1) is 22.8. The molecule has 0 spiro atoms. The van der Waals surface area contributed by atoms with E-state index in [4.69, 9.17) is 4.74 Å². The fourth-order valence-corrected chi connectivity index (χ4v) is 2.99. The maximum absolute atomic E-state index is 12.1. The summed E-state index contributed by atoms with van der Waals surface area (Å²) in [4.78, 5) is 47.6. The molecule has 7 nitrogen and oxygen atoms in total. The van der Waals surface area contributed by atoms with E-state index in [1.54, 1.807) is 30.3 Å². The van der Waals surface area contributed by atoms with Gasteiger partial charge in [0.05, 0.1) is 13.0 Å². The van der Waals surface area contributed by atoms with Crippen LogP contribution in [0.2, 0.25) is 0 Å². The van der Waals surface area contributed by atoms with E-state index in [1.165, 1.54) is 0 Å². The number of hydrogen-bond acceptors (Lipinski definition) is 5. The minimum absolute atomic E-state index is 0.00211. The Labute approximate surface area is 175 Å². The van der Waals surface area contributed by atoms with Crippen molar-refractivity contribution in [3.8, 4) is 0 Å². The minimum atomic E-state index is -0.648. The van der Waals surface area contributed by atoms with Gasteiger partial charge in [0.25, 0.3) is 5.91 Å². The van der Waals surface area contributed by atoms with Crippen LogP contribution in [0, 0.1) is 20.8 Å². The molecule has 0 aliphatic rings. The first-order chi connectivity index (χ1) is 14.3. The standard InChI is InChI=1S/C23H26N2O5/c1-15-11-16(2)23(17(3)12-15)25-20(27)13-24-21(28)14-30-22(29)10-9-19(26)18-7-5-4-6-8-18/h4-8,11-12H,9-10,13-14H2,1-3H3,(H,24,28)(H,25,27). The number of carbonyl (C=O) groups is 4. The number of esters is 1. The third-order valence-electron chi connectivity index (χ3n) is 4.40. The van der Waals surface area contributed by atoms with Crippen LogP contribution in [0.5, 0.6) is 0 Å². The Kier molecular flexibility index (Phi) is 8.29. The first-order valence-corrected chi connectivity index (χ1v) is 9.64. The molecule has 2 amide bonds. The molecule has 0 aliphatic carbocycles. The number of carbonyl (C=O) groups excluding carboxylic acids is 4. The van der Waals surface area contributed by atoms with Crippen LogP contribution in [-0.2, 0) is 19.1 Å². The molecule has 0 atom stereocenters. The molecule has 2 aromatic carbocycles. The lowest BCUT2D eigenvalue weighted by molar-refractivity contribution is -0.148. The summed E-state index contributed by atoms with van der Waals surface area (Å²) in [5, 5.41) is 5.18. The molecule has 2 aromatic rings. The minimum Gasteiger partial charge on any atom is -0.456 e. The lowest BCUT2D eigenvalue weighted by atomic mass is 10.1. The summed E-state index contributed by atoms with van der Waals surface area (Å²) in [6.45, 7) is 5.03. The molecule has 0 saturated carbocycles. The topological polar surface area (TPSA) is 102 Å². The van der Waals surface area contributed by atoms with Gasteiger partial charge >= 0.3 is 5.97 Å². The Morgan fingerprint density at radius 3 is 2.13 bits per heavy atom. The zero-order valence-corrected chi connectivity index (χ0v) is 17.4. The number of hydrogen-bond donors (Lipinski definition) is 2. The second-order valence-electron chi connectivity index (χ2n) is 7.05. The van der Waals surface area contributed by atoms with E-state index in [1.807, 2.05) is 32.9 Å². The van der Waals surface area contributed by atoms with Crippen molar-refractivity contribution < 1.29 is 23.9 Å². The highest BCUT2D eigenvalue weighted by Gasteiger charge is 2.13. The Hall–Kier alpha value is -3.48. The number of ether oxygens (including phenoxy) is 1. The Bertz CT molecular complexity index is 915. The van der Waals surface area contributed by atoms with E-state index in [0.29, 0.717) is 11.3 Å². The summed E-state index contributed by atoms with van der Waals surface area (Å²) in [7, 11) is 0. The molecule has 0 bridgehead atoms. The van der Waals surface area contributed by atoms with Crippen molar-refractivity contribution in [3.63, 3.8) is 0 Å². The lowest BCUT2D eigenvalue weighted by Crippen LogP contribution is -2.35. The van der Waals surface area contributed by atoms with Gasteiger partial charge in [0, 0.05) is 17.7 Å². The molecular weight excluding hydrogens is 384 g/mol. The van der Waals surface area contributed by atoms with Crippen molar-refractivity contribution >= 4 is 29.3 Å². The van der Waals surface area contributed by atoms with Gasteiger partial charge in [-0.25, -0.2) is 0 Å². The summed E-state index contributed by atoms with van der Waals surface area (Å²) < 4.78 is 4.86. The van der Waals surface area contributed by atoms with E-state index < -0.39 is 18.5 Å². The average molecular weight is 410 g/mol. The van der Waals surface area contributed by atoms with Gasteiger partial charge in [-0.3, -0.25) is 19.2 Å².